The maximum Gasteiger partial charge on any atom is 0.261 e. The van der Waals surface area contributed by atoms with Gasteiger partial charge in [0.25, 0.3) is 5.91 Å². The van der Waals surface area contributed by atoms with E-state index in [1.165, 1.54) is 19.3 Å². The van der Waals surface area contributed by atoms with E-state index in [1.54, 1.807) is 6.08 Å². The number of piperidine rings is 1. The predicted octanol–water partition coefficient (Wildman–Crippen LogP) is 3.04. The number of anilines is 1. The van der Waals surface area contributed by atoms with Crippen LogP contribution in [0.3, 0.4) is 0 Å². The van der Waals surface area contributed by atoms with Gasteiger partial charge in [0.05, 0.1) is 0 Å². The van der Waals surface area contributed by atoms with Gasteiger partial charge in [-0.15, -0.1) is 0 Å². The van der Waals surface area contributed by atoms with Gasteiger partial charge >= 0.3 is 0 Å². The van der Waals surface area contributed by atoms with Gasteiger partial charge in [0, 0.05) is 31.9 Å². The van der Waals surface area contributed by atoms with E-state index in [4.69, 9.17) is 0 Å². The van der Waals surface area contributed by atoms with Crippen LogP contribution >= 0.6 is 0 Å². The summed E-state index contributed by atoms with van der Waals surface area (Å²) in [5.74, 6) is -0.294. The lowest BCUT2D eigenvalue weighted by Crippen LogP contribution is -2.37. The van der Waals surface area contributed by atoms with Crippen molar-refractivity contribution in [3.63, 3.8) is 0 Å². The van der Waals surface area contributed by atoms with Crippen molar-refractivity contribution in [3.05, 3.63) is 35.4 Å². The Kier molecular flexibility index (Phi) is 8.17. The highest BCUT2D eigenvalue weighted by molar-refractivity contribution is 6.01. The molecular weight excluding hydrogens is 324 g/mol. The molecule has 26 heavy (non-hydrogen) atoms. The van der Waals surface area contributed by atoms with Crippen LogP contribution in [0.25, 0.3) is 6.08 Å². The van der Waals surface area contributed by atoms with Crippen molar-refractivity contribution in [1.29, 1.82) is 5.26 Å². The first-order valence-corrected chi connectivity index (χ1v) is 9.65. The number of rotatable bonds is 8. The van der Waals surface area contributed by atoms with Crippen molar-refractivity contribution in [2.75, 3.05) is 44.2 Å². The van der Waals surface area contributed by atoms with Gasteiger partial charge in [-0.25, -0.2) is 0 Å². The van der Waals surface area contributed by atoms with Crippen molar-refractivity contribution in [2.24, 2.45) is 0 Å². The van der Waals surface area contributed by atoms with Crippen molar-refractivity contribution in [1.82, 2.24) is 10.2 Å². The number of nitrogens with one attached hydrogen (secondary N) is 1. The third-order valence-corrected chi connectivity index (χ3v) is 4.86. The molecule has 0 bridgehead atoms. The summed E-state index contributed by atoms with van der Waals surface area (Å²) in [4.78, 5) is 16.9. The van der Waals surface area contributed by atoms with Crippen LogP contribution in [0, 0.1) is 11.3 Å². The van der Waals surface area contributed by atoms with E-state index in [0.717, 1.165) is 44.0 Å². The Morgan fingerprint density at radius 1 is 1.19 bits per heavy atom. The molecule has 5 heteroatoms. The van der Waals surface area contributed by atoms with Crippen LogP contribution in [0.1, 0.15) is 38.7 Å². The van der Waals surface area contributed by atoms with Crippen molar-refractivity contribution in [3.8, 4) is 6.07 Å². The van der Waals surface area contributed by atoms with Crippen LogP contribution in [-0.2, 0) is 4.79 Å². The number of nitrogens with zero attached hydrogens (tertiary/aromatic N) is 3. The summed E-state index contributed by atoms with van der Waals surface area (Å²) in [7, 11) is 0. The van der Waals surface area contributed by atoms with Gasteiger partial charge in [0.15, 0.2) is 0 Å². The van der Waals surface area contributed by atoms with E-state index in [2.05, 4.69) is 29.0 Å². The summed E-state index contributed by atoms with van der Waals surface area (Å²) in [5, 5.41) is 12.2. The molecule has 0 spiro atoms. The second kappa shape index (κ2) is 10.6. The third kappa shape index (κ3) is 5.89. The maximum atomic E-state index is 12.3. The second-order valence-electron chi connectivity index (χ2n) is 6.59. The quantitative estimate of drug-likeness (QED) is 0.576. The van der Waals surface area contributed by atoms with E-state index < -0.39 is 0 Å². The number of likely N-dealkylation sites (tertiary alicyclic amines) is 1. The Hall–Kier alpha value is -2.32. The topological polar surface area (TPSA) is 59.4 Å². The Morgan fingerprint density at radius 3 is 2.42 bits per heavy atom. The molecule has 5 nitrogen and oxygen atoms in total. The molecule has 0 radical (unpaired) electrons. The molecular formula is C21H30N4O. The smallest absolute Gasteiger partial charge is 0.261 e. The molecule has 0 aliphatic carbocycles. The minimum atomic E-state index is -0.294. The number of hydrogen-bond acceptors (Lipinski definition) is 4. The molecule has 140 valence electrons. The summed E-state index contributed by atoms with van der Waals surface area (Å²) in [6.45, 7) is 9.80. The van der Waals surface area contributed by atoms with Crippen LogP contribution in [0.4, 0.5) is 5.69 Å². The standard InChI is InChI=1S/C21H30N4O/c1-3-25(4-2)20-10-8-18(9-11-20)16-19(17-22)21(26)23-12-15-24-13-6-5-7-14-24/h8-11,16H,3-7,12-15H2,1-2H3,(H,23,26)/b19-16-. The molecule has 2 rings (SSSR count). The number of carbonyl (C=O) groups is 1. The molecule has 1 saturated heterocycles. The lowest BCUT2D eigenvalue weighted by atomic mass is 10.1. The average Bonchev–Trinajstić information content (AvgIpc) is 2.69. The first kappa shape index (κ1) is 20.0. The second-order valence-corrected chi connectivity index (χ2v) is 6.59. The Labute approximate surface area is 157 Å². The maximum absolute atomic E-state index is 12.3. The van der Waals surface area contributed by atoms with E-state index >= 15 is 0 Å². The van der Waals surface area contributed by atoms with E-state index in [-0.39, 0.29) is 11.5 Å². The zero-order chi connectivity index (χ0) is 18.8. The largest absolute Gasteiger partial charge is 0.372 e. The number of nitriles is 1. The normalized spacial score (nSPS) is 15.3. The third-order valence-electron chi connectivity index (χ3n) is 4.86. The molecule has 0 atom stereocenters. The number of hydrogen-bond donors (Lipinski definition) is 1. The summed E-state index contributed by atoms with van der Waals surface area (Å²) < 4.78 is 0. The molecule has 1 aromatic carbocycles. The number of amides is 1. The average molecular weight is 354 g/mol. The summed E-state index contributed by atoms with van der Waals surface area (Å²) in [6.07, 6.45) is 5.43. The highest BCUT2D eigenvalue weighted by Crippen LogP contribution is 2.16. The highest BCUT2D eigenvalue weighted by atomic mass is 16.1. The van der Waals surface area contributed by atoms with E-state index in [0.29, 0.717) is 6.54 Å². The molecule has 0 unspecified atom stereocenters. The van der Waals surface area contributed by atoms with Crippen molar-refractivity contribution < 1.29 is 4.79 Å². The molecule has 1 aromatic rings. The molecule has 1 heterocycles. The summed E-state index contributed by atoms with van der Waals surface area (Å²) in [5.41, 5.74) is 2.17. The van der Waals surface area contributed by atoms with Gasteiger partial charge < -0.3 is 15.1 Å². The number of benzene rings is 1. The SMILES string of the molecule is CCN(CC)c1ccc(/C=C(/C#N)C(=O)NCCN2CCCCC2)cc1. The van der Waals surface area contributed by atoms with E-state index in [1.807, 2.05) is 30.3 Å². The predicted molar refractivity (Wildman–Crippen MR) is 107 cm³/mol. The summed E-state index contributed by atoms with van der Waals surface area (Å²) >= 11 is 0. The van der Waals surface area contributed by atoms with Gasteiger partial charge in [-0.2, -0.15) is 5.26 Å². The Bertz CT molecular complexity index is 635. The monoisotopic (exact) mass is 354 g/mol. The minimum Gasteiger partial charge on any atom is -0.372 e. The molecule has 0 aromatic heterocycles. The Morgan fingerprint density at radius 2 is 1.85 bits per heavy atom. The molecule has 1 aliphatic heterocycles. The van der Waals surface area contributed by atoms with E-state index in [9.17, 15) is 10.1 Å². The minimum absolute atomic E-state index is 0.152. The van der Waals surface area contributed by atoms with Gasteiger partial charge in [0.1, 0.15) is 11.6 Å². The fourth-order valence-electron chi connectivity index (χ4n) is 3.29. The fraction of sp³-hybridized carbons (Fsp3) is 0.524. The van der Waals surface area contributed by atoms with Crippen LogP contribution < -0.4 is 10.2 Å². The molecule has 0 saturated carbocycles. The van der Waals surface area contributed by atoms with Crippen LogP contribution in [0.2, 0.25) is 0 Å². The molecule has 1 amide bonds. The summed E-state index contributed by atoms with van der Waals surface area (Å²) in [6, 6.07) is 9.98. The Balaban J connectivity index is 1.91. The van der Waals surface area contributed by atoms with Crippen molar-refractivity contribution >= 4 is 17.7 Å². The van der Waals surface area contributed by atoms with Gasteiger partial charge in [-0.05, 0) is 63.6 Å². The first-order valence-electron chi connectivity index (χ1n) is 9.65. The zero-order valence-electron chi connectivity index (χ0n) is 16.0. The molecule has 1 fully saturated rings. The number of carbonyl (C=O) groups excluding carboxylic acids is 1. The van der Waals surface area contributed by atoms with Gasteiger partial charge in [-0.3, -0.25) is 4.79 Å². The highest BCUT2D eigenvalue weighted by Gasteiger charge is 2.12. The molecule has 1 N–H and O–H groups in total. The van der Waals surface area contributed by atoms with Crippen LogP contribution in [0.5, 0.6) is 0 Å². The lowest BCUT2D eigenvalue weighted by Gasteiger charge is -2.26. The fourth-order valence-corrected chi connectivity index (χ4v) is 3.29. The zero-order valence-corrected chi connectivity index (χ0v) is 16.0. The lowest BCUT2D eigenvalue weighted by molar-refractivity contribution is -0.117. The van der Waals surface area contributed by atoms with Gasteiger partial charge in [-0.1, -0.05) is 18.6 Å². The van der Waals surface area contributed by atoms with Crippen LogP contribution in [-0.4, -0.2) is 50.1 Å². The van der Waals surface area contributed by atoms with Crippen LogP contribution in [0.15, 0.2) is 29.8 Å². The first-order chi connectivity index (χ1) is 12.7. The van der Waals surface area contributed by atoms with Crippen molar-refractivity contribution in [2.45, 2.75) is 33.1 Å². The molecule has 1 aliphatic rings. The van der Waals surface area contributed by atoms with Gasteiger partial charge in [0.2, 0.25) is 0 Å².